The Labute approximate surface area is 271 Å². The molecule has 0 spiro atoms. The van der Waals surface area contributed by atoms with Crippen LogP contribution in [0.5, 0.6) is 11.5 Å². The van der Waals surface area contributed by atoms with E-state index in [0.29, 0.717) is 11.8 Å². The van der Waals surface area contributed by atoms with Crippen molar-refractivity contribution in [3.05, 3.63) is 121 Å². The average Bonchev–Trinajstić information content (AvgIpc) is 3.79. The molecule has 5 aromatic heterocycles. The van der Waals surface area contributed by atoms with E-state index in [9.17, 15) is 0 Å². The summed E-state index contributed by atoms with van der Waals surface area (Å²) in [6.07, 6.45) is 11.1. The van der Waals surface area contributed by atoms with Crippen LogP contribution in [0.15, 0.2) is 110 Å². The van der Waals surface area contributed by atoms with Crippen LogP contribution < -0.4 is 4.74 Å². The third-order valence-electron chi connectivity index (χ3n) is 9.36. The number of ether oxygens (including phenoxy) is 1. The highest BCUT2D eigenvalue weighted by Crippen LogP contribution is 2.43. The Bertz CT molecular complexity index is 2660. The topological polar surface area (TPSA) is 69.6 Å². The highest BCUT2D eigenvalue weighted by Gasteiger charge is 2.21. The van der Waals surface area contributed by atoms with Crippen LogP contribution >= 0.6 is 0 Å². The summed E-state index contributed by atoms with van der Waals surface area (Å²) in [4.78, 5) is 18.7. The van der Waals surface area contributed by atoms with Crippen LogP contribution in [0.1, 0.15) is 50.7 Å². The first-order valence-corrected chi connectivity index (χ1v) is 16.1. The zero-order valence-corrected chi connectivity index (χ0v) is 26.6. The van der Waals surface area contributed by atoms with Crippen molar-refractivity contribution in [2.45, 2.75) is 39.5 Å². The summed E-state index contributed by atoms with van der Waals surface area (Å²) in [6, 6.07) is 25.9. The van der Waals surface area contributed by atoms with Crippen LogP contribution in [0.2, 0.25) is 0 Å². The summed E-state index contributed by atoms with van der Waals surface area (Å²) in [5.41, 5.74) is 9.78. The largest absolute Gasteiger partial charge is 0.457 e. The van der Waals surface area contributed by atoms with Gasteiger partial charge in [0.2, 0.25) is 0 Å². The summed E-state index contributed by atoms with van der Waals surface area (Å²) >= 11 is 0. The lowest BCUT2D eigenvalue weighted by Gasteiger charge is -2.22. The molecule has 9 rings (SSSR count). The number of aromatic nitrogens is 6. The second kappa shape index (κ2) is 10.4. The maximum absolute atomic E-state index is 6.58. The predicted molar refractivity (Wildman–Crippen MR) is 190 cm³/mol. The Morgan fingerprint density at radius 2 is 1.15 bits per heavy atom. The Morgan fingerprint density at radius 3 is 1.87 bits per heavy atom. The number of hydrogen-bond acceptors (Lipinski definition) is 5. The van der Waals surface area contributed by atoms with Crippen LogP contribution in [0.25, 0.3) is 66.0 Å². The molecule has 0 aliphatic rings. The van der Waals surface area contributed by atoms with Gasteiger partial charge in [-0.2, -0.15) is 0 Å². The molecule has 0 radical (unpaired) electrons. The van der Waals surface area contributed by atoms with E-state index in [0.717, 1.165) is 61.0 Å². The van der Waals surface area contributed by atoms with E-state index in [2.05, 4.69) is 108 Å². The van der Waals surface area contributed by atoms with Gasteiger partial charge in [0, 0.05) is 58.7 Å². The standard InChI is InChI=1S/C40H32N6O/c1-23(2)27-7-5-8-28(24(3)4)35(27)31-9-6-10-34-36(31)29-13-11-25(21-32(29)38-43-17-19-45(34)38)47-26-12-14-30-33(22-26)39-44-18-20-46(39)40-37(30)41-15-16-42-40/h5-24H,1-4H3. The van der Waals surface area contributed by atoms with Gasteiger partial charge in [-0.3, -0.25) is 13.8 Å². The molecule has 0 N–H and O–H groups in total. The number of benzene rings is 4. The number of hydrogen-bond donors (Lipinski definition) is 0. The maximum Gasteiger partial charge on any atom is 0.165 e. The molecule has 0 unspecified atom stereocenters. The van der Waals surface area contributed by atoms with E-state index in [1.165, 1.54) is 27.6 Å². The minimum absolute atomic E-state index is 0.386. The van der Waals surface area contributed by atoms with Gasteiger partial charge in [0.1, 0.15) is 28.3 Å². The van der Waals surface area contributed by atoms with E-state index in [1.54, 1.807) is 18.6 Å². The highest BCUT2D eigenvalue weighted by molar-refractivity contribution is 6.17. The van der Waals surface area contributed by atoms with Gasteiger partial charge < -0.3 is 4.74 Å². The summed E-state index contributed by atoms with van der Waals surface area (Å²) in [5.74, 6) is 2.23. The van der Waals surface area contributed by atoms with Gasteiger partial charge in [0.15, 0.2) is 5.65 Å². The molecule has 9 aromatic rings. The molecule has 228 valence electrons. The molecular weight excluding hydrogens is 580 g/mol. The molecule has 7 nitrogen and oxygen atoms in total. The van der Waals surface area contributed by atoms with Crippen molar-refractivity contribution in [2.75, 3.05) is 0 Å². The Balaban J connectivity index is 1.25. The number of fused-ring (bicyclic) bond motifs is 12. The zero-order valence-electron chi connectivity index (χ0n) is 26.6. The van der Waals surface area contributed by atoms with Crippen LogP contribution in [-0.4, -0.2) is 28.7 Å². The van der Waals surface area contributed by atoms with Gasteiger partial charge in [-0.25, -0.2) is 15.0 Å². The quantitative estimate of drug-likeness (QED) is 0.181. The Kier molecular flexibility index (Phi) is 6.06. The monoisotopic (exact) mass is 612 g/mol. The molecule has 0 amide bonds. The van der Waals surface area contributed by atoms with E-state index < -0.39 is 0 Å². The van der Waals surface area contributed by atoms with Gasteiger partial charge in [-0.15, -0.1) is 0 Å². The number of nitrogens with zero attached hydrogens (tertiary/aromatic N) is 6. The SMILES string of the molecule is CC(C)c1cccc(C(C)C)c1-c1cccc2c1c1ccc(Oc3ccc4c(c3)c3nccn3c3nccnc43)cc1c1nccn21. The van der Waals surface area contributed by atoms with Crippen molar-refractivity contribution in [1.82, 2.24) is 28.7 Å². The molecule has 4 aromatic carbocycles. The van der Waals surface area contributed by atoms with Gasteiger partial charge in [0.25, 0.3) is 0 Å². The second-order valence-electron chi connectivity index (χ2n) is 12.8. The number of imidazole rings is 2. The molecule has 0 bridgehead atoms. The van der Waals surface area contributed by atoms with E-state index in [-0.39, 0.29) is 0 Å². The summed E-state index contributed by atoms with van der Waals surface area (Å²) in [7, 11) is 0. The first-order chi connectivity index (χ1) is 23.0. The fourth-order valence-electron chi connectivity index (χ4n) is 7.27. The first-order valence-electron chi connectivity index (χ1n) is 16.1. The maximum atomic E-state index is 6.58. The predicted octanol–water partition coefficient (Wildman–Crippen LogP) is 10.1. The van der Waals surface area contributed by atoms with E-state index >= 15 is 0 Å². The lowest BCUT2D eigenvalue weighted by atomic mass is 9.83. The van der Waals surface area contributed by atoms with Crippen LogP contribution in [0, 0.1) is 0 Å². The summed E-state index contributed by atoms with van der Waals surface area (Å²) in [6.45, 7) is 9.13. The fourth-order valence-corrected chi connectivity index (χ4v) is 7.27. The molecule has 7 heteroatoms. The normalized spacial score (nSPS) is 12.2. The van der Waals surface area contributed by atoms with Crippen molar-refractivity contribution in [1.29, 1.82) is 0 Å². The van der Waals surface area contributed by atoms with E-state index in [1.807, 2.05) is 35.0 Å². The van der Waals surface area contributed by atoms with Crippen molar-refractivity contribution < 1.29 is 4.74 Å². The molecule has 0 saturated carbocycles. The van der Waals surface area contributed by atoms with Crippen molar-refractivity contribution in [3.8, 4) is 22.6 Å². The molecule has 0 fully saturated rings. The van der Waals surface area contributed by atoms with Gasteiger partial charge in [-0.1, -0.05) is 58.0 Å². The molecule has 0 aliphatic heterocycles. The van der Waals surface area contributed by atoms with Gasteiger partial charge in [0.05, 0.1) is 5.52 Å². The Morgan fingerprint density at radius 1 is 0.553 bits per heavy atom. The van der Waals surface area contributed by atoms with Crippen LogP contribution in [0.4, 0.5) is 0 Å². The first kappa shape index (κ1) is 27.5. The third-order valence-corrected chi connectivity index (χ3v) is 9.36. The molecule has 0 saturated heterocycles. The van der Waals surface area contributed by atoms with Gasteiger partial charge in [-0.05, 0) is 81.9 Å². The summed E-state index contributed by atoms with van der Waals surface area (Å²) < 4.78 is 10.8. The smallest absolute Gasteiger partial charge is 0.165 e. The zero-order chi connectivity index (χ0) is 31.8. The average molecular weight is 613 g/mol. The lowest BCUT2D eigenvalue weighted by Crippen LogP contribution is -2.01. The van der Waals surface area contributed by atoms with Crippen LogP contribution in [-0.2, 0) is 0 Å². The minimum atomic E-state index is 0.386. The minimum Gasteiger partial charge on any atom is -0.457 e. The Hall–Kier alpha value is -5.82. The van der Waals surface area contributed by atoms with Crippen LogP contribution in [0.3, 0.4) is 0 Å². The highest BCUT2D eigenvalue weighted by atomic mass is 16.5. The summed E-state index contributed by atoms with van der Waals surface area (Å²) in [5, 5.41) is 5.35. The molecular formula is C40H32N6O. The third kappa shape index (κ3) is 4.12. The van der Waals surface area contributed by atoms with E-state index in [4.69, 9.17) is 9.72 Å². The van der Waals surface area contributed by atoms with Gasteiger partial charge >= 0.3 is 0 Å². The second-order valence-corrected chi connectivity index (χ2v) is 12.8. The molecule has 0 aliphatic carbocycles. The van der Waals surface area contributed by atoms with Crippen molar-refractivity contribution >= 4 is 54.9 Å². The van der Waals surface area contributed by atoms with Crippen molar-refractivity contribution in [2.24, 2.45) is 0 Å². The van der Waals surface area contributed by atoms with Crippen molar-refractivity contribution in [3.63, 3.8) is 0 Å². The number of pyridine rings is 2. The fraction of sp³-hybridized carbons (Fsp3) is 0.150. The molecule has 5 heterocycles. The number of rotatable bonds is 5. The molecule has 0 atom stereocenters. The lowest BCUT2D eigenvalue weighted by molar-refractivity contribution is 0.484. The molecule has 47 heavy (non-hydrogen) atoms.